The van der Waals surface area contributed by atoms with Crippen LogP contribution in [0.2, 0.25) is 0 Å². The maximum absolute atomic E-state index is 12.7. The maximum atomic E-state index is 12.7. The van der Waals surface area contributed by atoms with Gasteiger partial charge in [-0.1, -0.05) is 49.3 Å². The summed E-state index contributed by atoms with van der Waals surface area (Å²) in [5.41, 5.74) is 2.14. The molecule has 140 valence electrons. The molecule has 1 aromatic heterocycles. The number of hydrogen-bond donors (Lipinski definition) is 1. The Morgan fingerprint density at radius 2 is 2.12 bits per heavy atom. The number of piperidine rings is 1. The minimum Gasteiger partial charge on any atom is -0.351 e. The highest BCUT2D eigenvalue weighted by atomic mass is 16.5. The lowest BCUT2D eigenvalue weighted by Crippen LogP contribution is -2.54. The topological polar surface area (TPSA) is 58.4 Å². The number of likely N-dealkylation sites (tertiary alicyclic amines) is 1. The Bertz CT molecular complexity index is 711. The highest BCUT2D eigenvalue weighted by Crippen LogP contribution is 2.21. The van der Waals surface area contributed by atoms with Crippen LogP contribution in [0.15, 0.2) is 40.9 Å². The van der Waals surface area contributed by atoms with E-state index in [0.29, 0.717) is 11.7 Å². The largest absolute Gasteiger partial charge is 0.351 e. The predicted octanol–water partition coefficient (Wildman–Crippen LogP) is 3.31. The molecule has 0 unspecified atom stereocenters. The van der Waals surface area contributed by atoms with E-state index in [1.807, 2.05) is 6.07 Å². The molecule has 1 aliphatic rings. The number of carbonyl (C=O) groups excluding carboxylic acids is 1. The van der Waals surface area contributed by atoms with Gasteiger partial charge < -0.3 is 14.7 Å². The summed E-state index contributed by atoms with van der Waals surface area (Å²) in [5.74, 6) is 0.636. The van der Waals surface area contributed by atoms with Gasteiger partial charge in [0.1, 0.15) is 0 Å². The number of rotatable bonds is 6. The normalized spacial score (nSPS) is 21.1. The predicted molar refractivity (Wildman–Crippen MR) is 102 cm³/mol. The first-order chi connectivity index (χ1) is 12.5. The fourth-order valence-corrected chi connectivity index (χ4v) is 3.72. The van der Waals surface area contributed by atoms with Crippen molar-refractivity contribution in [3.8, 4) is 0 Å². The van der Waals surface area contributed by atoms with E-state index in [1.54, 1.807) is 6.07 Å². The Hall–Kier alpha value is -2.14. The van der Waals surface area contributed by atoms with Crippen molar-refractivity contribution in [2.75, 3.05) is 13.6 Å². The van der Waals surface area contributed by atoms with E-state index in [9.17, 15) is 4.79 Å². The van der Waals surface area contributed by atoms with Crippen molar-refractivity contribution in [2.45, 2.75) is 51.6 Å². The van der Waals surface area contributed by atoms with Gasteiger partial charge in [0.25, 0.3) is 5.91 Å². The smallest absolute Gasteiger partial charge is 0.290 e. The van der Waals surface area contributed by atoms with Crippen LogP contribution in [0.3, 0.4) is 0 Å². The molecule has 1 fully saturated rings. The molecule has 1 N–H and O–H groups in total. The van der Waals surface area contributed by atoms with E-state index in [2.05, 4.69) is 60.5 Å². The summed E-state index contributed by atoms with van der Waals surface area (Å²) in [6.45, 7) is 5.31. The highest BCUT2D eigenvalue weighted by Gasteiger charge is 2.31. The zero-order valence-electron chi connectivity index (χ0n) is 15.9. The minimum absolute atomic E-state index is 0.111. The van der Waals surface area contributed by atoms with Gasteiger partial charge in [-0.15, -0.1) is 0 Å². The highest BCUT2D eigenvalue weighted by molar-refractivity contribution is 5.91. The van der Waals surface area contributed by atoms with Crippen LogP contribution in [0.4, 0.5) is 0 Å². The van der Waals surface area contributed by atoms with Crippen LogP contribution in [-0.2, 0) is 12.8 Å². The fraction of sp³-hybridized carbons (Fsp3) is 0.524. The lowest BCUT2D eigenvalue weighted by molar-refractivity contribution is 0.0816. The molecule has 0 bridgehead atoms. The van der Waals surface area contributed by atoms with Crippen LogP contribution in [0.5, 0.6) is 0 Å². The second-order valence-corrected chi connectivity index (χ2v) is 7.74. The summed E-state index contributed by atoms with van der Waals surface area (Å²) < 4.78 is 5.27. The monoisotopic (exact) mass is 355 g/mol. The van der Waals surface area contributed by atoms with Crippen molar-refractivity contribution in [1.82, 2.24) is 15.4 Å². The van der Waals surface area contributed by atoms with Gasteiger partial charge in [0.15, 0.2) is 0 Å². The number of nitrogens with one attached hydrogen (secondary N) is 1. The Labute approximate surface area is 155 Å². The molecule has 0 aliphatic carbocycles. The number of likely N-dealkylation sites (N-methyl/N-ethyl adjacent to an activating group) is 1. The number of benzene rings is 1. The van der Waals surface area contributed by atoms with Crippen LogP contribution >= 0.6 is 0 Å². The zero-order chi connectivity index (χ0) is 18.5. The second kappa shape index (κ2) is 8.49. The van der Waals surface area contributed by atoms with Gasteiger partial charge in [0.2, 0.25) is 5.76 Å². The van der Waals surface area contributed by atoms with Gasteiger partial charge in [-0.3, -0.25) is 4.79 Å². The van der Waals surface area contributed by atoms with Gasteiger partial charge in [-0.2, -0.15) is 0 Å². The Morgan fingerprint density at radius 1 is 1.35 bits per heavy atom. The molecule has 1 amide bonds. The number of hydrogen-bond acceptors (Lipinski definition) is 4. The zero-order valence-corrected chi connectivity index (χ0v) is 15.9. The molecular weight excluding hydrogens is 326 g/mol. The number of carbonyl (C=O) groups is 1. The molecule has 0 saturated carbocycles. The molecule has 1 aliphatic heterocycles. The maximum Gasteiger partial charge on any atom is 0.290 e. The molecule has 1 saturated heterocycles. The second-order valence-electron chi connectivity index (χ2n) is 7.74. The lowest BCUT2D eigenvalue weighted by atomic mass is 9.91. The average molecular weight is 355 g/mol. The van der Waals surface area contributed by atoms with Gasteiger partial charge in [0.05, 0.1) is 5.69 Å². The quantitative estimate of drug-likeness (QED) is 0.864. The standard InChI is InChI=1S/C21H29N3O2/c1-15(2)12-17-14-20(26-23-17)21(25)22-18-10-7-11-24(3)19(18)13-16-8-5-4-6-9-16/h4-6,8-9,14-15,18-19H,7,10-13H2,1-3H3,(H,22,25)/t18-,19-/m0/s1. The van der Waals surface area contributed by atoms with Gasteiger partial charge in [-0.25, -0.2) is 0 Å². The minimum atomic E-state index is -0.161. The summed E-state index contributed by atoms with van der Waals surface area (Å²) in [6.07, 6.45) is 3.82. The van der Waals surface area contributed by atoms with Crippen molar-refractivity contribution in [3.05, 3.63) is 53.4 Å². The molecule has 3 rings (SSSR count). The van der Waals surface area contributed by atoms with Gasteiger partial charge in [0, 0.05) is 18.2 Å². The molecule has 26 heavy (non-hydrogen) atoms. The number of aromatic nitrogens is 1. The van der Waals surface area contributed by atoms with Crippen LogP contribution < -0.4 is 5.32 Å². The van der Waals surface area contributed by atoms with Crippen LogP contribution in [0.25, 0.3) is 0 Å². The molecular formula is C21H29N3O2. The van der Waals surface area contributed by atoms with Crippen LogP contribution in [0.1, 0.15) is 48.5 Å². The van der Waals surface area contributed by atoms with E-state index in [0.717, 1.165) is 37.9 Å². The van der Waals surface area contributed by atoms with Gasteiger partial charge in [-0.05, 0) is 50.8 Å². The molecule has 5 nitrogen and oxygen atoms in total. The molecule has 1 aromatic carbocycles. The van der Waals surface area contributed by atoms with Crippen molar-refractivity contribution >= 4 is 5.91 Å². The first-order valence-corrected chi connectivity index (χ1v) is 9.53. The Balaban J connectivity index is 1.67. The lowest BCUT2D eigenvalue weighted by Gasteiger charge is -2.39. The molecule has 0 radical (unpaired) electrons. The van der Waals surface area contributed by atoms with Crippen LogP contribution in [-0.4, -0.2) is 41.6 Å². The molecule has 2 heterocycles. The fourth-order valence-electron chi connectivity index (χ4n) is 3.72. The molecule has 2 aromatic rings. The van der Waals surface area contributed by atoms with E-state index in [4.69, 9.17) is 4.52 Å². The van der Waals surface area contributed by atoms with E-state index in [1.165, 1.54) is 5.56 Å². The third-order valence-corrected chi connectivity index (χ3v) is 5.06. The third kappa shape index (κ3) is 4.73. The summed E-state index contributed by atoms with van der Waals surface area (Å²) in [4.78, 5) is 15.0. The van der Waals surface area contributed by atoms with Crippen molar-refractivity contribution in [2.24, 2.45) is 5.92 Å². The first-order valence-electron chi connectivity index (χ1n) is 9.53. The molecule has 2 atom stereocenters. The van der Waals surface area contributed by atoms with E-state index >= 15 is 0 Å². The Kier molecular flexibility index (Phi) is 6.09. The number of amides is 1. The van der Waals surface area contributed by atoms with Crippen molar-refractivity contribution in [1.29, 1.82) is 0 Å². The summed E-state index contributed by atoms with van der Waals surface area (Å²) in [5, 5.41) is 7.21. The first kappa shape index (κ1) is 18.6. The van der Waals surface area contributed by atoms with Crippen molar-refractivity contribution in [3.63, 3.8) is 0 Å². The van der Waals surface area contributed by atoms with E-state index < -0.39 is 0 Å². The SMILES string of the molecule is CC(C)Cc1cc(C(=O)N[C@H]2CCCN(C)[C@H]2Cc2ccccc2)on1. The average Bonchev–Trinajstić information content (AvgIpc) is 3.07. The summed E-state index contributed by atoms with van der Waals surface area (Å²) in [7, 11) is 2.14. The van der Waals surface area contributed by atoms with Crippen molar-refractivity contribution < 1.29 is 9.32 Å². The summed E-state index contributed by atoms with van der Waals surface area (Å²) in [6, 6.07) is 12.6. The Morgan fingerprint density at radius 3 is 2.85 bits per heavy atom. The van der Waals surface area contributed by atoms with Gasteiger partial charge >= 0.3 is 0 Å². The van der Waals surface area contributed by atoms with Crippen LogP contribution in [0, 0.1) is 5.92 Å². The molecule has 5 heteroatoms. The third-order valence-electron chi connectivity index (χ3n) is 5.06. The van der Waals surface area contributed by atoms with E-state index in [-0.39, 0.29) is 18.0 Å². The summed E-state index contributed by atoms with van der Waals surface area (Å²) >= 11 is 0. The molecule has 0 spiro atoms. The number of nitrogens with zero attached hydrogens (tertiary/aromatic N) is 2.